The molecule has 0 fully saturated rings. The van der Waals surface area contributed by atoms with Gasteiger partial charge >= 0.3 is 0 Å². The fourth-order valence-corrected chi connectivity index (χ4v) is 1.56. The van der Waals surface area contributed by atoms with Crippen LogP contribution in [0.3, 0.4) is 0 Å². The van der Waals surface area contributed by atoms with E-state index in [1.807, 2.05) is 50.7 Å². The van der Waals surface area contributed by atoms with Crippen LogP contribution < -0.4 is 10.2 Å². The summed E-state index contributed by atoms with van der Waals surface area (Å²) in [4.78, 5) is 6.31. The first kappa shape index (κ1) is 13.5. The molecule has 0 unspecified atom stereocenters. The smallest absolute Gasteiger partial charge is 0.204 e. The standard InChI is InChI=1S/C12H21N5/c1-12(2,8-13)9-14-6-10-7-15-11(16(3)4)17(10)5/h7,14H,6,9H2,1-5H3. The van der Waals surface area contributed by atoms with Crippen molar-refractivity contribution in [3.05, 3.63) is 11.9 Å². The van der Waals surface area contributed by atoms with Gasteiger partial charge in [-0.05, 0) is 13.8 Å². The molecule has 0 saturated heterocycles. The number of rotatable bonds is 5. The molecule has 1 N–H and O–H groups in total. The third-order valence-corrected chi connectivity index (χ3v) is 2.64. The lowest BCUT2D eigenvalue weighted by atomic mass is 9.96. The summed E-state index contributed by atoms with van der Waals surface area (Å²) in [7, 11) is 5.94. The molecule has 1 heterocycles. The lowest BCUT2D eigenvalue weighted by Crippen LogP contribution is -2.28. The van der Waals surface area contributed by atoms with Gasteiger partial charge in [0.2, 0.25) is 5.95 Å². The van der Waals surface area contributed by atoms with Crippen LogP contribution in [0.2, 0.25) is 0 Å². The number of aromatic nitrogens is 2. The van der Waals surface area contributed by atoms with E-state index in [9.17, 15) is 0 Å². The molecule has 0 aliphatic carbocycles. The normalized spacial score (nSPS) is 11.3. The fraction of sp³-hybridized carbons (Fsp3) is 0.667. The monoisotopic (exact) mass is 235 g/mol. The Morgan fingerprint density at radius 2 is 2.18 bits per heavy atom. The van der Waals surface area contributed by atoms with Crippen LogP contribution in [0, 0.1) is 16.7 Å². The molecular weight excluding hydrogens is 214 g/mol. The summed E-state index contributed by atoms with van der Waals surface area (Å²) in [5.41, 5.74) is 0.783. The Balaban J connectivity index is 2.57. The van der Waals surface area contributed by atoms with Crippen LogP contribution in [0.15, 0.2) is 6.20 Å². The van der Waals surface area contributed by atoms with Crippen molar-refractivity contribution in [1.82, 2.24) is 14.9 Å². The Kier molecular flexibility index (Phi) is 4.13. The second kappa shape index (κ2) is 5.19. The molecule has 1 rings (SSSR count). The van der Waals surface area contributed by atoms with Crippen molar-refractivity contribution < 1.29 is 0 Å². The molecule has 5 nitrogen and oxygen atoms in total. The zero-order valence-corrected chi connectivity index (χ0v) is 11.3. The zero-order valence-electron chi connectivity index (χ0n) is 11.3. The van der Waals surface area contributed by atoms with Crippen LogP contribution in [-0.4, -0.2) is 30.2 Å². The van der Waals surface area contributed by atoms with Crippen molar-refractivity contribution in [1.29, 1.82) is 5.26 Å². The van der Waals surface area contributed by atoms with Crippen LogP contribution >= 0.6 is 0 Å². The fourth-order valence-electron chi connectivity index (χ4n) is 1.56. The number of imidazole rings is 1. The molecule has 0 bridgehead atoms. The van der Waals surface area contributed by atoms with Crippen molar-refractivity contribution in [2.45, 2.75) is 20.4 Å². The molecule has 1 aromatic rings. The van der Waals surface area contributed by atoms with Gasteiger partial charge in [-0.15, -0.1) is 0 Å². The van der Waals surface area contributed by atoms with Crippen molar-refractivity contribution in [3.63, 3.8) is 0 Å². The number of nitriles is 1. The second-order valence-electron chi connectivity index (χ2n) is 5.10. The van der Waals surface area contributed by atoms with Gasteiger partial charge < -0.3 is 14.8 Å². The van der Waals surface area contributed by atoms with Crippen LogP contribution in [0.1, 0.15) is 19.5 Å². The summed E-state index contributed by atoms with van der Waals surface area (Å²) in [6.07, 6.45) is 1.86. The lowest BCUT2D eigenvalue weighted by molar-refractivity contribution is 0.441. The molecule has 0 aliphatic heterocycles. The Hall–Kier alpha value is -1.54. The van der Waals surface area contributed by atoms with E-state index in [2.05, 4.69) is 16.4 Å². The Labute approximate surface area is 103 Å². The van der Waals surface area contributed by atoms with Gasteiger partial charge in [0.25, 0.3) is 0 Å². The van der Waals surface area contributed by atoms with Gasteiger partial charge in [-0.3, -0.25) is 0 Å². The third-order valence-electron chi connectivity index (χ3n) is 2.64. The highest BCUT2D eigenvalue weighted by molar-refractivity contribution is 5.30. The van der Waals surface area contributed by atoms with Crippen molar-refractivity contribution in [2.24, 2.45) is 12.5 Å². The Morgan fingerprint density at radius 1 is 1.53 bits per heavy atom. The lowest BCUT2D eigenvalue weighted by Gasteiger charge is -2.16. The van der Waals surface area contributed by atoms with Gasteiger partial charge in [0, 0.05) is 34.2 Å². The molecule has 0 radical (unpaired) electrons. The summed E-state index contributed by atoms with van der Waals surface area (Å²) in [5.74, 6) is 0.932. The maximum absolute atomic E-state index is 8.91. The Bertz CT molecular complexity index is 411. The molecule has 17 heavy (non-hydrogen) atoms. The molecule has 0 saturated carbocycles. The van der Waals surface area contributed by atoms with E-state index in [1.54, 1.807) is 0 Å². The van der Waals surface area contributed by atoms with E-state index in [1.165, 1.54) is 0 Å². The highest BCUT2D eigenvalue weighted by Gasteiger charge is 2.16. The third kappa shape index (κ3) is 3.46. The van der Waals surface area contributed by atoms with Gasteiger partial charge in [0.15, 0.2) is 0 Å². The minimum absolute atomic E-state index is 0.330. The molecular formula is C12H21N5. The van der Waals surface area contributed by atoms with Crippen molar-refractivity contribution in [2.75, 3.05) is 25.5 Å². The largest absolute Gasteiger partial charge is 0.348 e. The summed E-state index contributed by atoms with van der Waals surface area (Å²) in [5, 5.41) is 12.2. The summed E-state index contributed by atoms with van der Waals surface area (Å²) < 4.78 is 2.05. The van der Waals surface area contributed by atoms with Gasteiger partial charge in [-0.25, -0.2) is 4.98 Å². The molecule has 94 valence electrons. The molecule has 0 aliphatic rings. The van der Waals surface area contributed by atoms with Gasteiger partial charge in [-0.1, -0.05) is 0 Å². The van der Waals surface area contributed by atoms with Crippen LogP contribution in [0.5, 0.6) is 0 Å². The highest BCUT2D eigenvalue weighted by atomic mass is 15.3. The molecule has 0 amide bonds. The SMILES string of the molecule is CN(C)c1ncc(CNCC(C)(C)C#N)n1C. The van der Waals surface area contributed by atoms with E-state index in [4.69, 9.17) is 5.26 Å². The van der Waals surface area contributed by atoms with E-state index in [0.717, 1.165) is 18.2 Å². The Morgan fingerprint density at radius 3 is 2.65 bits per heavy atom. The van der Waals surface area contributed by atoms with Crippen LogP contribution in [0.4, 0.5) is 5.95 Å². The predicted octanol–water partition coefficient (Wildman–Crippen LogP) is 1.13. The topological polar surface area (TPSA) is 56.9 Å². The van der Waals surface area contributed by atoms with Crippen LogP contribution in [0.25, 0.3) is 0 Å². The zero-order chi connectivity index (χ0) is 13.1. The summed E-state index contributed by atoms with van der Waals surface area (Å²) in [6, 6.07) is 2.27. The summed E-state index contributed by atoms with van der Waals surface area (Å²) >= 11 is 0. The molecule has 1 aromatic heterocycles. The van der Waals surface area contributed by atoms with E-state index in [0.29, 0.717) is 6.54 Å². The first-order valence-electron chi connectivity index (χ1n) is 5.67. The number of hydrogen-bond donors (Lipinski definition) is 1. The number of nitrogens with one attached hydrogen (secondary N) is 1. The summed E-state index contributed by atoms with van der Waals surface area (Å²) in [6.45, 7) is 5.25. The molecule has 5 heteroatoms. The van der Waals surface area contributed by atoms with Gasteiger partial charge in [0.1, 0.15) is 0 Å². The maximum atomic E-state index is 8.91. The van der Waals surface area contributed by atoms with Crippen molar-refractivity contribution in [3.8, 4) is 6.07 Å². The maximum Gasteiger partial charge on any atom is 0.204 e. The minimum Gasteiger partial charge on any atom is -0.348 e. The highest BCUT2D eigenvalue weighted by Crippen LogP contribution is 2.13. The average molecular weight is 235 g/mol. The number of nitrogens with zero attached hydrogens (tertiary/aromatic N) is 4. The van der Waals surface area contributed by atoms with Gasteiger partial charge in [0.05, 0.1) is 23.4 Å². The quantitative estimate of drug-likeness (QED) is 0.831. The first-order chi connectivity index (χ1) is 7.87. The number of anilines is 1. The van der Waals surface area contributed by atoms with Gasteiger partial charge in [-0.2, -0.15) is 5.26 Å². The minimum atomic E-state index is -0.330. The molecule has 0 atom stereocenters. The predicted molar refractivity (Wildman–Crippen MR) is 68.6 cm³/mol. The first-order valence-corrected chi connectivity index (χ1v) is 5.67. The average Bonchev–Trinajstić information content (AvgIpc) is 2.60. The molecule has 0 aromatic carbocycles. The van der Waals surface area contributed by atoms with Crippen LogP contribution in [-0.2, 0) is 13.6 Å². The number of hydrogen-bond acceptors (Lipinski definition) is 4. The second-order valence-corrected chi connectivity index (χ2v) is 5.10. The van der Waals surface area contributed by atoms with Crippen molar-refractivity contribution >= 4 is 5.95 Å². The van der Waals surface area contributed by atoms with E-state index < -0.39 is 0 Å². The van der Waals surface area contributed by atoms with E-state index in [-0.39, 0.29) is 5.41 Å². The van der Waals surface area contributed by atoms with E-state index >= 15 is 0 Å². The molecule has 0 spiro atoms.